The van der Waals surface area contributed by atoms with E-state index in [0.29, 0.717) is 11.7 Å². The van der Waals surface area contributed by atoms with Crippen LogP contribution in [-0.2, 0) is 6.54 Å². The van der Waals surface area contributed by atoms with E-state index in [-0.39, 0.29) is 6.79 Å². The van der Waals surface area contributed by atoms with Crippen LogP contribution >= 0.6 is 11.3 Å². The highest BCUT2D eigenvalue weighted by atomic mass is 32.1. The third-order valence-electron chi connectivity index (χ3n) is 3.37. The molecule has 1 aliphatic rings. The van der Waals surface area contributed by atoms with E-state index in [2.05, 4.69) is 17.2 Å². The first-order valence-electron chi connectivity index (χ1n) is 6.84. The Bertz CT molecular complexity index is 601. The summed E-state index contributed by atoms with van der Waals surface area (Å²) in [5.41, 5.74) is 1.11. The molecule has 2 aromatic rings. The summed E-state index contributed by atoms with van der Waals surface area (Å²) in [6.07, 6.45) is 1.85. The number of methoxy groups -OCH3 is 1. The average molecular weight is 306 g/mol. The van der Waals surface area contributed by atoms with Crippen molar-refractivity contribution in [2.24, 2.45) is 0 Å². The maximum atomic E-state index is 5.43. The molecule has 1 N–H and O–H groups in total. The highest BCUT2D eigenvalue weighted by molar-refractivity contribution is 7.09. The second-order valence-electron chi connectivity index (χ2n) is 4.93. The van der Waals surface area contributed by atoms with Gasteiger partial charge in [0.25, 0.3) is 0 Å². The molecule has 1 atom stereocenters. The topological polar surface area (TPSA) is 52.6 Å². The van der Waals surface area contributed by atoms with Crippen LogP contribution in [0.5, 0.6) is 17.2 Å². The summed E-state index contributed by atoms with van der Waals surface area (Å²) in [4.78, 5) is 4.34. The van der Waals surface area contributed by atoms with Crippen molar-refractivity contribution in [3.63, 3.8) is 0 Å². The Balaban J connectivity index is 1.61. The van der Waals surface area contributed by atoms with E-state index in [4.69, 9.17) is 14.2 Å². The smallest absolute Gasteiger partial charge is 0.231 e. The van der Waals surface area contributed by atoms with Crippen molar-refractivity contribution in [1.82, 2.24) is 10.3 Å². The SMILES string of the molecule is COc1cc(CNCC(C)c2nccs2)cc2c1OCO2. The Labute approximate surface area is 127 Å². The quantitative estimate of drug-likeness (QED) is 0.889. The zero-order chi connectivity index (χ0) is 14.7. The Kier molecular flexibility index (Phi) is 4.26. The molecule has 0 aliphatic carbocycles. The molecule has 0 saturated heterocycles. The first kappa shape index (κ1) is 14.2. The summed E-state index contributed by atoms with van der Waals surface area (Å²) in [7, 11) is 1.64. The minimum atomic E-state index is 0.254. The third kappa shape index (κ3) is 3.11. The molecule has 21 heavy (non-hydrogen) atoms. The van der Waals surface area contributed by atoms with Gasteiger partial charge in [-0.3, -0.25) is 0 Å². The van der Waals surface area contributed by atoms with Crippen molar-refractivity contribution < 1.29 is 14.2 Å². The Hall–Kier alpha value is -1.79. The fourth-order valence-electron chi connectivity index (χ4n) is 2.28. The van der Waals surface area contributed by atoms with E-state index in [9.17, 15) is 0 Å². The predicted octanol–water partition coefficient (Wildman–Crippen LogP) is 2.77. The molecule has 6 heteroatoms. The number of thiazole rings is 1. The summed E-state index contributed by atoms with van der Waals surface area (Å²) in [5.74, 6) is 2.56. The summed E-state index contributed by atoms with van der Waals surface area (Å²) < 4.78 is 16.2. The van der Waals surface area contributed by atoms with Crippen LogP contribution in [0.2, 0.25) is 0 Å². The summed E-state index contributed by atoms with van der Waals surface area (Å²) in [5, 5.41) is 6.61. The molecule has 1 aliphatic heterocycles. The van der Waals surface area contributed by atoms with E-state index in [1.165, 1.54) is 0 Å². The number of hydrogen-bond donors (Lipinski definition) is 1. The number of benzene rings is 1. The fraction of sp³-hybridized carbons (Fsp3) is 0.400. The number of ether oxygens (including phenoxy) is 3. The molecule has 0 amide bonds. The summed E-state index contributed by atoms with van der Waals surface area (Å²) >= 11 is 1.69. The van der Waals surface area contributed by atoms with Crippen molar-refractivity contribution in [2.75, 3.05) is 20.4 Å². The lowest BCUT2D eigenvalue weighted by molar-refractivity contribution is 0.171. The zero-order valence-corrected chi connectivity index (χ0v) is 12.9. The molecule has 1 unspecified atom stereocenters. The third-order valence-corrected chi connectivity index (χ3v) is 4.38. The van der Waals surface area contributed by atoms with Crippen LogP contribution in [0.1, 0.15) is 23.4 Å². The van der Waals surface area contributed by atoms with Gasteiger partial charge in [0, 0.05) is 30.6 Å². The Morgan fingerprint density at radius 2 is 2.33 bits per heavy atom. The molecule has 3 rings (SSSR count). The molecule has 5 nitrogen and oxygen atoms in total. The Morgan fingerprint density at radius 3 is 3.10 bits per heavy atom. The van der Waals surface area contributed by atoms with Crippen molar-refractivity contribution in [3.05, 3.63) is 34.3 Å². The Morgan fingerprint density at radius 1 is 1.43 bits per heavy atom. The summed E-state index contributed by atoms with van der Waals surface area (Å²) in [6.45, 7) is 4.06. The normalized spacial score (nSPS) is 14.2. The van der Waals surface area contributed by atoms with E-state index in [0.717, 1.165) is 35.2 Å². The molecule has 0 bridgehead atoms. The molecular formula is C15H18N2O3S. The zero-order valence-electron chi connectivity index (χ0n) is 12.1. The highest BCUT2D eigenvalue weighted by Crippen LogP contribution is 2.41. The minimum Gasteiger partial charge on any atom is -0.493 e. The first-order chi connectivity index (χ1) is 10.3. The van der Waals surface area contributed by atoms with Crippen LogP contribution in [0.3, 0.4) is 0 Å². The molecule has 0 fully saturated rings. The van der Waals surface area contributed by atoms with Gasteiger partial charge in [-0.2, -0.15) is 0 Å². The lowest BCUT2D eigenvalue weighted by Gasteiger charge is -2.12. The van der Waals surface area contributed by atoms with Gasteiger partial charge in [-0.05, 0) is 17.7 Å². The number of aromatic nitrogens is 1. The molecule has 112 valence electrons. The van der Waals surface area contributed by atoms with E-state index in [1.807, 2.05) is 23.7 Å². The van der Waals surface area contributed by atoms with Gasteiger partial charge in [0.05, 0.1) is 12.1 Å². The molecule has 1 aromatic carbocycles. The summed E-state index contributed by atoms with van der Waals surface area (Å²) in [6, 6.07) is 3.97. The molecular weight excluding hydrogens is 288 g/mol. The van der Waals surface area contributed by atoms with E-state index < -0.39 is 0 Å². The van der Waals surface area contributed by atoms with Gasteiger partial charge in [-0.1, -0.05) is 6.92 Å². The van der Waals surface area contributed by atoms with Crippen molar-refractivity contribution >= 4 is 11.3 Å². The largest absolute Gasteiger partial charge is 0.493 e. The number of nitrogens with zero attached hydrogens (tertiary/aromatic N) is 1. The fourth-order valence-corrected chi connectivity index (χ4v) is 2.98. The van der Waals surface area contributed by atoms with Crippen molar-refractivity contribution in [2.45, 2.75) is 19.4 Å². The molecule has 0 saturated carbocycles. The second-order valence-corrected chi connectivity index (χ2v) is 5.86. The van der Waals surface area contributed by atoms with Crippen LogP contribution in [0.15, 0.2) is 23.7 Å². The van der Waals surface area contributed by atoms with Gasteiger partial charge in [0.15, 0.2) is 11.5 Å². The van der Waals surface area contributed by atoms with Crippen LogP contribution in [0.25, 0.3) is 0 Å². The van der Waals surface area contributed by atoms with Crippen molar-refractivity contribution in [3.8, 4) is 17.2 Å². The van der Waals surface area contributed by atoms with Crippen molar-refractivity contribution in [1.29, 1.82) is 0 Å². The van der Waals surface area contributed by atoms with Gasteiger partial charge in [0.1, 0.15) is 0 Å². The van der Waals surface area contributed by atoms with Gasteiger partial charge < -0.3 is 19.5 Å². The van der Waals surface area contributed by atoms with Crippen LogP contribution in [0, 0.1) is 0 Å². The van der Waals surface area contributed by atoms with Crippen LogP contribution in [0.4, 0.5) is 0 Å². The monoisotopic (exact) mass is 306 g/mol. The first-order valence-corrected chi connectivity index (χ1v) is 7.72. The van der Waals surface area contributed by atoms with Crippen LogP contribution in [-0.4, -0.2) is 25.4 Å². The maximum Gasteiger partial charge on any atom is 0.231 e. The molecule has 1 aromatic heterocycles. The highest BCUT2D eigenvalue weighted by Gasteiger charge is 2.20. The second kappa shape index (κ2) is 6.32. The average Bonchev–Trinajstić information content (AvgIpc) is 3.17. The van der Waals surface area contributed by atoms with Gasteiger partial charge >= 0.3 is 0 Å². The van der Waals surface area contributed by atoms with Gasteiger partial charge in [0.2, 0.25) is 12.5 Å². The predicted molar refractivity (Wildman–Crippen MR) is 81.4 cm³/mol. The number of hydrogen-bond acceptors (Lipinski definition) is 6. The number of fused-ring (bicyclic) bond motifs is 1. The number of rotatable bonds is 6. The van der Waals surface area contributed by atoms with E-state index >= 15 is 0 Å². The van der Waals surface area contributed by atoms with E-state index in [1.54, 1.807) is 18.4 Å². The lowest BCUT2D eigenvalue weighted by Crippen LogP contribution is -2.19. The number of nitrogens with one attached hydrogen (secondary N) is 1. The molecule has 0 radical (unpaired) electrons. The van der Waals surface area contributed by atoms with Gasteiger partial charge in [-0.25, -0.2) is 4.98 Å². The van der Waals surface area contributed by atoms with Gasteiger partial charge in [-0.15, -0.1) is 11.3 Å². The lowest BCUT2D eigenvalue weighted by atomic mass is 10.1. The van der Waals surface area contributed by atoms with Crippen LogP contribution < -0.4 is 19.5 Å². The minimum absolute atomic E-state index is 0.254. The maximum absolute atomic E-state index is 5.43. The molecule has 2 heterocycles. The standard InChI is InChI=1S/C15H18N2O3S/c1-10(15-17-3-4-21-15)7-16-8-11-5-12(18-2)14-13(6-11)19-9-20-14/h3-6,10,16H,7-9H2,1-2H3. The molecule has 0 spiro atoms.